The zero-order valence-corrected chi connectivity index (χ0v) is 11.2. The van der Waals surface area contributed by atoms with E-state index in [4.69, 9.17) is 11.6 Å². The molecule has 0 aromatic heterocycles. The monoisotopic (exact) mass is 240 g/mol. The van der Waals surface area contributed by atoms with Crippen molar-refractivity contribution in [3.05, 3.63) is 34.4 Å². The molecule has 0 saturated heterocycles. The molecule has 0 radical (unpaired) electrons. The average Bonchev–Trinajstić information content (AvgIpc) is 2.19. The Morgan fingerprint density at radius 3 is 2.75 bits per heavy atom. The van der Waals surface area contributed by atoms with Crippen LogP contribution in [0.2, 0.25) is 0 Å². The number of rotatable bonds is 3. The fourth-order valence-corrected chi connectivity index (χ4v) is 2.43. The van der Waals surface area contributed by atoms with Crippen LogP contribution in [0.3, 0.4) is 0 Å². The lowest BCUT2D eigenvalue weighted by molar-refractivity contribution is 0.0797. The molecule has 0 spiro atoms. The van der Waals surface area contributed by atoms with Crippen molar-refractivity contribution in [2.75, 3.05) is 0 Å². The van der Waals surface area contributed by atoms with E-state index in [1.165, 1.54) is 11.1 Å². The molecule has 16 heavy (non-hydrogen) atoms. The van der Waals surface area contributed by atoms with Crippen molar-refractivity contribution >= 4 is 11.6 Å². The van der Waals surface area contributed by atoms with Gasteiger partial charge in [0.25, 0.3) is 0 Å². The van der Waals surface area contributed by atoms with Crippen molar-refractivity contribution in [3.63, 3.8) is 0 Å². The van der Waals surface area contributed by atoms with Gasteiger partial charge in [-0.15, -0.1) is 0 Å². The molecule has 1 unspecified atom stereocenters. The molecule has 0 saturated carbocycles. The van der Waals surface area contributed by atoms with E-state index in [0.717, 1.165) is 31.3 Å². The highest BCUT2D eigenvalue weighted by molar-refractivity contribution is 6.30. The van der Waals surface area contributed by atoms with Gasteiger partial charge in [0.1, 0.15) is 0 Å². The first-order valence-electron chi connectivity index (χ1n) is 5.86. The Hall–Kier alpha value is -0.530. The lowest BCUT2D eigenvalue weighted by Gasteiger charge is -2.33. The zero-order valence-electron chi connectivity index (χ0n) is 10.4. The highest BCUT2D eigenvalue weighted by atomic mass is 35.5. The molecule has 1 N–H and O–H groups in total. The Morgan fingerprint density at radius 2 is 2.25 bits per heavy atom. The van der Waals surface area contributed by atoms with Gasteiger partial charge in [0.05, 0.1) is 5.60 Å². The van der Waals surface area contributed by atoms with E-state index in [9.17, 15) is 5.11 Å². The normalized spacial score (nSPS) is 27.2. The Labute approximate surface area is 104 Å². The van der Waals surface area contributed by atoms with Crippen LogP contribution in [0.15, 0.2) is 34.4 Å². The van der Waals surface area contributed by atoms with Crippen LogP contribution in [0.5, 0.6) is 0 Å². The second kappa shape index (κ2) is 5.20. The molecule has 1 rings (SSSR count). The molecule has 2 heteroatoms. The van der Waals surface area contributed by atoms with Gasteiger partial charge in [-0.3, -0.25) is 0 Å². The van der Waals surface area contributed by atoms with Crippen molar-refractivity contribution in [2.45, 2.75) is 52.1 Å². The molecule has 1 nitrogen and oxygen atoms in total. The molecule has 1 atom stereocenters. The zero-order chi connectivity index (χ0) is 12.3. The van der Waals surface area contributed by atoms with E-state index in [1.54, 1.807) is 0 Å². The topological polar surface area (TPSA) is 20.2 Å². The molecule has 0 amide bonds. The van der Waals surface area contributed by atoms with Crippen LogP contribution in [-0.2, 0) is 0 Å². The molecule has 0 heterocycles. The standard InChI is InChI=1S/C14H21ClO/c1-5-12(9-10(2)15)13-7-6-8-14(4,16)11(13)3/h9,16H,2,5-8H2,1,3-4H3/b12-9+. The van der Waals surface area contributed by atoms with Crippen molar-refractivity contribution in [1.82, 2.24) is 0 Å². The molecule has 0 fully saturated rings. The fourth-order valence-electron chi connectivity index (χ4n) is 2.30. The van der Waals surface area contributed by atoms with Gasteiger partial charge in [-0.2, -0.15) is 0 Å². The molecular formula is C14H21ClO. The summed E-state index contributed by atoms with van der Waals surface area (Å²) in [5.41, 5.74) is 2.90. The maximum absolute atomic E-state index is 10.3. The molecule has 0 bridgehead atoms. The third kappa shape index (κ3) is 2.99. The first-order valence-corrected chi connectivity index (χ1v) is 6.24. The second-order valence-corrected chi connectivity index (χ2v) is 5.19. The first-order chi connectivity index (χ1) is 7.38. The number of hydrogen-bond donors (Lipinski definition) is 1. The Balaban J connectivity index is 3.15. The minimum atomic E-state index is -0.657. The molecule has 0 aliphatic heterocycles. The predicted octanol–water partition coefficient (Wildman–Crippen LogP) is 4.33. The Morgan fingerprint density at radius 1 is 1.62 bits per heavy atom. The fraction of sp³-hybridized carbons (Fsp3) is 0.571. The van der Waals surface area contributed by atoms with Crippen molar-refractivity contribution in [1.29, 1.82) is 0 Å². The summed E-state index contributed by atoms with van der Waals surface area (Å²) in [5.74, 6) is 0. The van der Waals surface area contributed by atoms with E-state index < -0.39 is 5.60 Å². The first kappa shape index (κ1) is 13.5. The summed E-state index contributed by atoms with van der Waals surface area (Å²) in [4.78, 5) is 0. The van der Waals surface area contributed by atoms with Crippen LogP contribution in [0, 0.1) is 0 Å². The van der Waals surface area contributed by atoms with Crippen LogP contribution < -0.4 is 0 Å². The number of aliphatic hydroxyl groups is 1. The summed E-state index contributed by atoms with van der Waals surface area (Å²) >= 11 is 5.83. The summed E-state index contributed by atoms with van der Waals surface area (Å²) in [6.07, 6.45) is 5.76. The van der Waals surface area contributed by atoms with Gasteiger partial charge >= 0.3 is 0 Å². The van der Waals surface area contributed by atoms with Crippen molar-refractivity contribution in [2.24, 2.45) is 0 Å². The third-order valence-electron chi connectivity index (χ3n) is 3.45. The molecule has 90 valence electrons. The summed E-state index contributed by atoms with van der Waals surface area (Å²) in [5, 5.41) is 10.8. The third-order valence-corrected chi connectivity index (χ3v) is 3.56. The number of hydrogen-bond acceptors (Lipinski definition) is 1. The maximum atomic E-state index is 10.3. The van der Waals surface area contributed by atoms with Gasteiger partial charge < -0.3 is 5.11 Å². The molecule has 1 aliphatic rings. The molecule has 0 aromatic carbocycles. The summed E-state index contributed by atoms with van der Waals surface area (Å²) in [6, 6.07) is 0. The minimum absolute atomic E-state index is 0.558. The van der Waals surface area contributed by atoms with Crippen LogP contribution in [0.1, 0.15) is 46.5 Å². The SMILES string of the molecule is C=C(Cl)/C=C(\CC)C1=C(C)C(C)(O)CCC1. The molecule has 0 aromatic rings. The Bertz CT molecular complexity index is 348. The lowest BCUT2D eigenvalue weighted by Crippen LogP contribution is -2.30. The van der Waals surface area contributed by atoms with Crippen LogP contribution >= 0.6 is 11.6 Å². The maximum Gasteiger partial charge on any atom is 0.0831 e. The van der Waals surface area contributed by atoms with Gasteiger partial charge in [0.15, 0.2) is 0 Å². The van der Waals surface area contributed by atoms with E-state index in [1.807, 2.05) is 19.9 Å². The minimum Gasteiger partial charge on any atom is -0.386 e. The van der Waals surface area contributed by atoms with Crippen molar-refractivity contribution in [3.8, 4) is 0 Å². The quantitative estimate of drug-likeness (QED) is 0.729. The van der Waals surface area contributed by atoms with Gasteiger partial charge in [-0.05, 0) is 62.3 Å². The smallest absolute Gasteiger partial charge is 0.0831 e. The van der Waals surface area contributed by atoms with E-state index in [2.05, 4.69) is 13.5 Å². The van der Waals surface area contributed by atoms with Gasteiger partial charge in [-0.25, -0.2) is 0 Å². The predicted molar refractivity (Wildman–Crippen MR) is 70.5 cm³/mol. The van der Waals surface area contributed by atoms with Gasteiger partial charge in [-0.1, -0.05) is 25.1 Å². The summed E-state index contributed by atoms with van der Waals surface area (Å²) in [7, 11) is 0. The average molecular weight is 241 g/mol. The van der Waals surface area contributed by atoms with Crippen molar-refractivity contribution < 1.29 is 5.11 Å². The number of allylic oxidation sites excluding steroid dienone is 4. The van der Waals surface area contributed by atoms with Gasteiger partial charge in [0.2, 0.25) is 0 Å². The molecular weight excluding hydrogens is 220 g/mol. The van der Waals surface area contributed by atoms with Gasteiger partial charge in [0, 0.05) is 5.03 Å². The Kier molecular flexibility index (Phi) is 4.40. The van der Waals surface area contributed by atoms with E-state index in [0.29, 0.717) is 5.03 Å². The molecule has 1 aliphatic carbocycles. The number of halogens is 1. The highest BCUT2D eigenvalue weighted by Crippen LogP contribution is 2.37. The highest BCUT2D eigenvalue weighted by Gasteiger charge is 2.29. The summed E-state index contributed by atoms with van der Waals surface area (Å²) < 4.78 is 0. The van der Waals surface area contributed by atoms with Crippen LogP contribution in [0.25, 0.3) is 0 Å². The van der Waals surface area contributed by atoms with Crippen LogP contribution in [-0.4, -0.2) is 10.7 Å². The lowest BCUT2D eigenvalue weighted by atomic mass is 9.78. The van der Waals surface area contributed by atoms with E-state index in [-0.39, 0.29) is 0 Å². The second-order valence-electron chi connectivity index (χ2n) is 4.70. The largest absolute Gasteiger partial charge is 0.386 e. The summed E-state index contributed by atoms with van der Waals surface area (Å²) in [6.45, 7) is 9.73. The van der Waals surface area contributed by atoms with E-state index >= 15 is 0 Å². The van der Waals surface area contributed by atoms with Crippen LogP contribution in [0.4, 0.5) is 0 Å².